The molecule has 3 rings (SSSR count). The Hall–Kier alpha value is -1.24. The van der Waals surface area contributed by atoms with Gasteiger partial charge in [-0.25, -0.2) is 0 Å². The van der Waals surface area contributed by atoms with Crippen molar-refractivity contribution >= 4 is 10.8 Å². The maximum Gasteiger partial charge on any atom is 3.00 e. The molecule has 0 spiro atoms. The molecule has 0 amide bonds. The third-order valence-corrected chi connectivity index (χ3v) is 3.30. The van der Waals surface area contributed by atoms with E-state index in [1.807, 2.05) is 0 Å². The van der Waals surface area contributed by atoms with Gasteiger partial charge >= 0.3 is 21.7 Å². The monoisotopic (exact) mass is 297 g/mol. The summed E-state index contributed by atoms with van der Waals surface area (Å²) in [5.41, 5.74) is 4.05. The molecule has 0 aromatic heterocycles. The third kappa shape index (κ3) is 3.45. The van der Waals surface area contributed by atoms with E-state index in [1.165, 1.54) is 27.5 Å². The van der Waals surface area contributed by atoms with E-state index in [-0.39, 0.29) is 36.6 Å². The second-order valence-corrected chi connectivity index (χ2v) is 4.39. The summed E-state index contributed by atoms with van der Waals surface area (Å²) in [6.07, 6.45) is 1.10. The zero-order valence-corrected chi connectivity index (χ0v) is 14.0. The van der Waals surface area contributed by atoms with Gasteiger partial charge in [-0.1, -0.05) is 48.9 Å². The molecule has 3 aromatic rings. The van der Waals surface area contributed by atoms with Crippen molar-refractivity contribution in [2.75, 3.05) is 0 Å². The van der Waals surface area contributed by atoms with Gasteiger partial charge in [-0.05, 0) is 12.0 Å². The summed E-state index contributed by atoms with van der Waals surface area (Å²) >= 11 is 0. The van der Waals surface area contributed by atoms with E-state index in [9.17, 15) is 0 Å². The minimum atomic E-state index is 0. The molecule has 0 aliphatic heterocycles. The average Bonchev–Trinajstić information content (AvgIpc) is 2.82. The fraction of sp³-hybridized carbons (Fsp3) is 0.105. The number of rotatable bonds is 2. The van der Waals surface area contributed by atoms with Crippen LogP contribution in [0.1, 0.15) is 12.5 Å². The van der Waals surface area contributed by atoms with Crippen molar-refractivity contribution < 1.29 is 21.7 Å². The summed E-state index contributed by atoms with van der Waals surface area (Å²) < 4.78 is 0. The minimum absolute atomic E-state index is 0. The topological polar surface area (TPSA) is 0 Å². The Morgan fingerprint density at radius 3 is 2.25 bits per heavy atom. The largest absolute Gasteiger partial charge is 3.00 e. The van der Waals surface area contributed by atoms with Crippen molar-refractivity contribution in [3.63, 3.8) is 0 Å². The van der Waals surface area contributed by atoms with Crippen LogP contribution in [0.3, 0.4) is 0 Å². The molecular weight excluding hydrogens is 276 g/mol. The van der Waals surface area contributed by atoms with Gasteiger partial charge in [0, 0.05) is 0 Å². The maximum absolute atomic E-state index is 2.32. The SMILES string of the molecule is CCc1cc2c(-c3ccccc3)cccc2[cH-]1.[CH3-].[CH3-].[Ti+3]. The van der Waals surface area contributed by atoms with Gasteiger partial charge in [-0.15, -0.1) is 34.5 Å². The molecule has 0 aliphatic carbocycles. The molecule has 0 bridgehead atoms. The fourth-order valence-electron chi connectivity index (χ4n) is 2.37. The van der Waals surface area contributed by atoms with Crippen LogP contribution in [-0.4, -0.2) is 0 Å². The molecule has 0 heterocycles. The molecule has 0 N–H and O–H groups in total. The number of aryl methyl sites for hydroxylation is 1. The van der Waals surface area contributed by atoms with Gasteiger partial charge in [0.1, 0.15) is 0 Å². The Morgan fingerprint density at radius 2 is 1.60 bits per heavy atom. The number of hydrogen-bond acceptors (Lipinski definition) is 0. The van der Waals surface area contributed by atoms with Gasteiger partial charge in [-0.3, -0.25) is 0 Å². The first-order chi connectivity index (χ1) is 8.38. The molecule has 20 heavy (non-hydrogen) atoms. The van der Waals surface area contributed by atoms with E-state index in [0.29, 0.717) is 0 Å². The summed E-state index contributed by atoms with van der Waals surface area (Å²) in [6, 6.07) is 21.8. The van der Waals surface area contributed by atoms with Crippen molar-refractivity contribution in [1.82, 2.24) is 0 Å². The molecule has 0 saturated carbocycles. The van der Waals surface area contributed by atoms with Gasteiger partial charge in [0.2, 0.25) is 0 Å². The predicted molar refractivity (Wildman–Crippen MR) is 87.2 cm³/mol. The van der Waals surface area contributed by atoms with Crippen molar-refractivity contribution in [3.05, 3.63) is 81.1 Å². The molecule has 0 saturated heterocycles. The Labute approximate surface area is 138 Å². The van der Waals surface area contributed by atoms with Crippen LogP contribution in [0.15, 0.2) is 60.7 Å². The minimum Gasteiger partial charge on any atom is -0.358 e. The van der Waals surface area contributed by atoms with Crippen LogP contribution >= 0.6 is 0 Å². The third-order valence-electron chi connectivity index (χ3n) is 3.30. The normalized spacial score (nSPS) is 9.25. The zero-order valence-electron chi connectivity index (χ0n) is 12.5. The van der Waals surface area contributed by atoms with Crippen LogP contribution in [0.5, 0.6) is 0 Å². The van der Waals surface area contributed by atoms with Gasteiger partial charge in [0.25, 0.3) is 0 Å². The molecule has 0 unspecified atom stereocenters. The Bertz CT molecular complexity index is 635. The molecule has 3 aromatic carbocycles. The Balaban J connectivity index is 0.00000120. The Morgan fingerprint density at radius 1 is 0.900 bits per heavy atom. The summed E-state index contributed by atoms with van der Waals surface area (Å²) in [5.74, 6) is 0. The quantitative estimate of drug-likeness (QED) is 0.421. The fourth-order valence-corrected chi connectivity index (χ4v) is 2.37. The van der Waals surface area contributed by atoms with Crippen molar-refractivity contribution in [1.29, 1.82) is 0 Å². The summed E-state index contributed by atoms with van der Waals surface area (Å²) in [4.78, 5) is 0. The summed E-state index contributed by atoms with van der Waals surface area (Å²) in [7, 11) is 0. The van der Waals surface area contributed by atoms with Crippen molar-refractivity contribution in [2.24, 2.45) is 0 Å². The van der Waals surface area contributed by atoms with Gasteiger partial charge in [0.15, 0.2) is 0 Å². The van der Waals surface area contributed by atoms with Crippen LogP contribution < -0.4 is 0 Å². The van der Waals surface area contributed by atoms with Gasteiger partial charge in [0.05, 0.1) is 0 Å². The molecule has 0 atom stereocenters. The van der Waals surface area contributed by atoms with E-state index in [1.54, 1.807) is 0 Å². The van der Waals surface area contributed by atoms with Crippen LogP contribution in [0.2, 0.25) is 0 Å². The average molecular weight is 297 g/mol. The van der Waals surface area contributed by atoms with Crippen LogP contribution in [0, 0.1) is 14.9 Å². The Kier molecular flexibility index (Phi) is 7.64. The van der Waals surface area contributed by atoms with E-state index < -0.39 is 0 Å². The second-order valence-electron chi connectivity index (χ2n) is 4.39. The first kappa shape index (κ1) is 18.8. The van der Waals surface area contributed by atoms with Crippen LogP contribution in [0.25, 0.3) is 21.9 Å². The van der Waals surface area contributed by atoms with E-state index >= 15 is 0 Å². The molecule has 0 fully saturated rings. The van der Waals surface area contributed by atoms with Crippen molar-refractivity contribution in [3.8, 4) is 11.1 Å². The van der Waals surface area contributed by atoms with E-state index in [4.69, 9.17) is 0 Å². The smallest absolute Gasteiger partial charge is 0.358 e. The van der Waals surface area contributed by atoms with Crippen molar-refractivity contribution in [2.45, 2.75) is 13.3 Å². The number of benzene rings is 2. The zero-order chi connectivity index (χ0) is 11.7. The maximum atomic E-state index is 2.32. The van der Waals surface area contributed by atoms with Crippen LogP contribution in [-0.2, 0) is 28.1 Å². The summed E-state index contributed by atoms with van der Waals surface area (Å²) in [5, 5.41) is 2.72. The van der Waals surface area contributed by atoms with Crippen LogP contribution in [0.4, 0.5) is 0 Å². The van der Waals surface area contributed by atoms with Gasteiger partial charge in [-0.2, -0.15) is 6.07 Å². The van der Waals surface area contributed by atoms with E-state index in [0.717, 1.165) is 6.42 Å². The molecule has 101 valence electrons. The second kappa shape index (κ2) is 8.14. The molecule has 1 heteroatoms. The number of fused-ring (bicyclic) bond motifs is 1. The number of hydrogen-bond donors (Lipinski definition) is 0. The summed E-state index contributed by atoms with van der Waals surface area (Å²) in [6.45, 7) is 2.20. The molecule has 0 nitrogen and oxygen atoms in total. The first-order valence-electron chi connectivity index (χ1n) is 6.12. The predicted octanol–water partition coefficient (Wildman–Crippen LogP) is 5.69. The first-order valence-corrected chi connectivity index (χ1v) is 6.12. The molecule has 1 radical (unpaired) electrons. The van der Waals surface area contributed by atoms with E-state index in [2.05, 4.69) is 67.6 Å². The standard InChI is InChI=1S/C17H15.2CH3.Ti/c1-2-13-11-15-9-6-10-16(17(15)12-13)14-7-4-3-5-8-14;;;/h3-12H,2H2,1H3;2*1H3;/q3*-1;+3. The molecular formula is C19H21Ti. The van der Waals surface area contributed by atoms with Gasteiger partial charge < -0.3 is 14.9 Å². The molecule has 0 aliphatic rings.